The van der Waals surface area contributed by atoms with Gasteiger partial charge in [0.05, 0.1) is 11.5 Å². The van der Waals surface area contributed by atoms with Crippen LogP contribution in [0.25, 0.3) is 12.2 Å². The number of anilines is 1. The fraction of sp³-hybridized carbons (Fsp3) is 0.458. The summed E-state index contributed by atoms with van der Waals surface area (Å²) in [6.07, 6.45) is 10.2. The average molecular weight is 416 g/mol. The van der Waals surface area contributed by atoms with Crippen molar-refractivity contribution in [1.29, 1.82) is 0 Å². The van der Waals surface area contributed by atoms with Crippen LogP contribution in [0, 0.1) is 0 Å². The number of aliphatic hydroxyl groups is 1. The van der Waals surface area contributed by atoms with Crippen molar-refractivity contribution in [2.45, 2.75) is 46.0 Å². The molecule has 1 heterocycles. The standard InChI is InChI=1S/C24H33NO3S/c1-3-5-14-25(15-6-4-2)21-10-8-20(24(18-21)28-17-7-16-26)9-11-22-12-13-23(19-27)29-22/h8-13,18-19,26H,3-7,14-17H2,1-2H3. The minimum Gasteiger partial charge on any atom is -0.493 e. The number of aldehydes is 1. The van der Waals surface area contributed by atoms with Crippen molar-refractivity contribution in [3.8, 4) is 5.75 Å². The van der Waals surface area contributed by atoms with Gasteiger partial charge in [-0.1, -0.05) is 26.7 Å². The summed E-state index contributed by atoms with van der Waals surface area (Å²) >= 11 is 1.47. The topological polar surface area (TPSA) is 49.8 Å². The van der Waals surface area contributed by atoms with Crippen LogP contribution < -0.4 is 9.64 Å². The largest absolute Gasteiger partial charge is 0.493 e. The van der Waals surface area contributed by atoms with E-state index < -0.39 is 0 Å². The number of carbonyl (C=O) groups is 1. The van der Waals surface area contributed by atoms with Crippen LogP contribution in [0.5, 0.6) is 5.75 Å². The monoisotopic (exact) mass is 415 g/mol. The Hall–Kier alpha value is -2.11. The Morgan fingerprint density at radius 3 is 2.34 bits per heavy atom. The van der Waals surface area contributed by atoms with Gasteiger partial charge in [0.1, 0.15) is 5.75 Å². The molecular weight excluding hydrogens is 382 g/mol. The number of nitrogens with zero attached hydrogens (tertiary/aromatic N) is 1. The number of aliphatic hydroxyl groups excluding tert-OH is 1. The Kier molecular flexibility index (Phi) is 10.5. The molecular formula is C24H33NO3S. The van der Waals surface area contributed by atoms with E-state index in [2.05, 4.69) is 36.9 Å². The molecule has 0 aliphatic carbocycles. The fourth-order valence-electron chi connectivity index (χ4n) is 2.99. The van der Waals surface area contributed by atoms with Gasteiger partial charge >= 0.3 is 0 Å². The lowest BCUT2D eigenvalue weighted by Crippen LogP contribution is -2.25. The van der Waals surface area contributed by atoms with Crippen molar-refractivity contribution in [2.75, 3.05) is 31.2 Å². The third-order valence-corrected chi connectivity index (χ3v) is 5.65. The van der Waals surface area contributed by atoms with Gasteiger partial charge in [-0.15, -0.1) is 11.3 Å². The molecule has 0 bridgehead atoms. The molecule has 0 fully saturated rings. The van der Waals surface area contributed by atoms with Crippen LogP contribution in [0.3, 0.4) is 0 Å². The third-order valence-electron chi connectivity index (χ3n) is 4.68. The number of thiophene rings is 1. The molecule has 5 heteroatoms. The fourth-order valence-corrected chi connectivity index (χ4v) is 3.72. The van der Waals surface area contributed by atoms with E-state index in [1.54, 1.807) is 0 Å². The molecule has 0 aliphatic heterocycles. The van der Waals surface area contributed by atoms with Gasteiger partial charge in [-0.3, -0.25) is 4.79 Å². The molecule has 0 saturated carbocycles. The summed E-state index contributed by atoms with van der Waals surface area (Å²) in [7, 11) is 0. The maximum atomic E-state index is 10.9. The minimum atomic E-state index is 0.119. The van der Waals surface area contributed by atoms with Crippen LogP contribution >= 0.6 is 11.3 Å². The van der Waals surface area contributed by atoms with E-state index in [9.17, 15) is 4.79 Å². The van der Waals surface area contributed by atoms with Crippen LogP contribution in [0.1, 0.15) is 66.1 Å². The lowest BCUT2D eigenvalue weighted by atomic mass is 10.1. The Labute approximate surface area is 178 Å². The molecule has 1 N–H and O–H groups in total. The van der Waals surface area contributed by atoms with E-state index in [1.807, 2.05) is 24.3 Å². The Morgan fingerprint density at radius 2 is 1.72 bits per heavy atom. The minimum absolute atomic E-state index is 0.119. The second-order valence-corrected chi connectivity index (χ2v) is 8.18. The van der Waals surface area contributed by atoms with Crippen LogP contribution in [-0.2, 0) is 0 Å². The van der Waals surface area contributed by atoms with Crippen LogP contribution in [0.2, 0.25) is 0 Å². The summed E-state index contributed by atoms with van der Waals surface area (Å²) in [6.45, 7) is 7.13. The van der Waals surface area contributed by atoms with Crippen LogP contribution in [-0.4, -0.2) is 37.7 Å². The second-order valence-electron chi connectivity index (χ2n) is 7.03. The number of ether oxygens (including phenoxy) is 1. The van der Waals surface area contributed by atoms with Crippen molar-refractivity contribution in [1.82, 2.24) is 0 Å². The summed E-state index contributed by atoms with van der Waals surface area (Å²) in [5.41, 5.74) is 2.18. The first-order valence-corrected chi connectivity index (χ1v) is 11.4. The Balaban J connectivity index is 2.25. The van der Waals surface area contributed by atoms with Gasteiger partial charge in [0, 0.05) is 48.3 Å². The van der Waals surface area contributed by atoms with E-state index in [0.717, 1.165) is 40.4 Å². The quantitative estimate of drug-likeness (QED) is 0.308. The van der Waals surface area contributed by atoms with Gasteiger partial charge in [0.25, 0.3) is 0 Å². The Bertz CT molecular complexity index is 761. The molecule has 1 aromatic heterocycles. The first-order chi connectivity index (χ1) is 14.2. The van der Waals surface area contributed by atoms with Crippen molar-refractivity contribution < 1.29 is 14.6 Å². The van der Waals surface area contributed by atoms with Crippen molar-refractivity contribution in [3.63, 3.8) is 0 Å². The summed E-state index contributed by atoms with van der Waals surface area (Å²) < 4.78 is 6.00. The second kappa shape index (κ2) is 13.2. The lowest BCUT2D eigenvalue weighted by molar-refractivity contribution is 0.112. The average Bonchev–Trinajstić information content (AvgIpc) is 3.21. The molecule has 2 aromatic rings. The molecule has 0 unspecified atom stereocenters. The first kappa shape index (κ1) is 23.2. The maximum absolute atomic E-state index is 10.9. The highest BCUT2D eigenvalue weighted by Crippen LogP contribution is 2.29. The van der Waals surface area contributed by atoms with Gasteiger partial charge in [0.2, 0.25) is 0 Å². The van der Waals surface area contributed by atoms with E-state index in [-0.39, 0.29) is 6.61 Å². The van der Waals surface area contributed by atoms with Gasteiger partial charge in [-0.2, -0.15) is 0 Å². The molecule has 0 spiro atoms. The molecule has 0 saturated heterocycles. The van der Waals surface area contributed by atoms with Crippen LogP contribution in [0.4, 0.5) is 5.69 Å². The zero-order valence-electron chi connectivity index (χ0n) is 17.6. The highest BCUT2D eigenvalue weighted by Gasteiger charge is 2.10. The number of unbranched alkanes of at least 4 members (excludes halogenated alkanes) is 2. The number of hydrogen-bond acceptors (Lipinski definition) is 5. The molecule has 158 valence electrons. The molecule has 29 heavy (non-hydrogen) atoms. The Morgan fingerprint density at radius 1 is 1.00 bits per heavy atom. The van der Waals surface area contributed by atoms with Crippen molar-refractivity contribution in [2.24, 2.45) is 0 Å². The first-order valence-electron chi connectivity index (χ1n) is 10.6. The molecule has 4 nitrogen and oxygen atoms in total. The van der Waals surface area contributed by atoms with Crippen molar-refractivity contribution in [3.05, 3.63) is 45.6 Å². The summed E-state index contributed by atoms with van der Waals surface area (Å²) in [4.78, 5) is 15.1. The van der Waals surface area contributed by atoms with E-state index >= 15 is 0 Å². The normalized spacial score (nSPS) is 11.1. The number of rotatable bonds is 14. The number of benzene rings is 1. The third kappa shape index (κ3) is 7.67. The maximum Gasteiger partial charge on any atom is 0.160 e. The zero-order chi connectivity index (χ0) is 20.9. The summed E-state index contributed by atoms with van der Waals surface area (Å²) in [5, 5.41) is 9.10. The van der Waals surface area contributed by atoms with E-state index in [1.165, 1.54) is 42.7 Å². The predicted molar refractivity (Wildman–Crippen MR) is 124 cm³/mol. The number of carbonyl (C=O) groups excluding carboxylic acids is 1. The highest BCUT2D eigenvalue weighted by molar-refractivity contribution is 7.14. The molecule has 0 radical (unpaired) electrons. The zero-order valence-corrected chi connectivity index (χ0v) is 18.4. The van der Waals surface area contributed by atoms with Gasteiger partial charge < -0.3 is 14.7 Å². The van der Waals surface area contributed by atoms with E-state index in [4.69, 9.17) is 9.84 Å². The summed E-state index contributed by atoms with van der Waals surface area (Å²) in [6, 6.07) is 10.2. The molecule has 2 rings (SSSR count). The SMILES string of the molecule is CCCCN(CCCC)c1ccc(C=Cc2ccc(C=O)s2)c(OCCCO)c1. The van der Waals surface area contributed by atoms with E-state index in [0.29, 0.717) is 13.0 Å². The molecule has 0 aliphatic rings. The molecule has 0 amide bonds. The summed E-state index contributed by atoms with van der Waals surface area (Å²) in [5.74, 6) is 0.831. The van der Waals surface area contributed by atoms with Crippen LogP contribution in [0.15, 0.2) is 30.3 Å². The molecule has 0 atom stereocenters. The van der Waals surface area contributed by atoms with Gasteiger partial charge in [-0.25, -0.2) is 0 Å². The smallest absolute Gasteiger partial charge is 0.160 e. The lowest BCUT2D eigenvalue weighted by Gasteiger charge is -2.25. The highest BCUT2D eigenvalue weighted by atomic mass is 32.1. The molecule has 1 aromatic carbocycles. The van der Waals surface area contributed by atoms with Gasteiger partial charge in [-0.05, 0) is 49.3 Å². The van der Waals surface area contributed by atoms with Crippen molar-refractivity contribution >= 4 is 35.5 Å². The predicted octanol–water partition coefficient (Wildman–Crippen LogP) is 5.90. The number of hydrogen-bond donors (Lipinski definition) is 1. The van der Waals surface area contributed by atoms with Gasteiger partial charge in [0.15, 0.2) is 6.29 Å².